The number of hydrogen-bond acceptors (Lipinski definition) is 4. The summed E-state index contributed by atoms with van der Waals surface area (Å²) in [5.41, 5.74) is 0.880. The second kappa shape index (κ2) is 6.99. The molecule has 0 bridgehead atoms. The molecule has 0 aliphatic carbocycles. The Labute approximate surface area is 134 Å². The summed E-state index contributed by atoms with van der Waals surface area (Å²) < 4.78 is 12.3. The minimum Gasteiger partial charge on any atom is -0.490 e. The zero-order valence-corrected chi connectivity index (χ0v) is 13.7. The van der Waals surface area contributed by atoms with Crippen LogP contribution in [0, 0.1) is 0 Å². The highest BCUT2D eigenvalue weighted by Crippen LogP contribution is 2.40. The summed E-state index contributed by atoms with van der Waals surface area (Å²) in [5, 5.41) is 14.1. The van der Waals surface area contributed by atoms with Gasteiger partial charge in [-0.05, 0) is 53.0 Å². The number of nitrogens with one attached hydrogen (secondary N) is 1. The first kappa shape index (κ1) is 15.1. The van der Waals surface area contributed by atoms with Gasteiger partial charge in [0.25, 0.3) is 0 Å². The van der Waals surface area contributed by atoms with Gasteiger partial charge in [0.2, 0.25) is 0 Å². The molecule has 0 aromatic heterocycles. The van der Waals surface area contributed by atoms with E-state index in [1.165, 1.54) is 19.3 Å². The van der Waals surface area contributed by atoms with Gasteiger partial charge in [-0.2, -0.15) is 0 Å². The molecular formula is C16H22BrNO3. The summed E-state index contributed by atoms with van der Waals surface area (Å²) in [6, 6.07) is 3.98. The van der Waals surface area contributed by atoms with Crippen LogP contribution in [0.1, 0.15) is 43.8 Å². The lowest BCUT2D eigenvalue weighted by molar-refractivity contribution is 0.126. The molecule has 0 radical (unpaired) electrons. The number of fused-ring (bicyclic) bond motifs is 1. The molecule has 1 aromatic rings. The lowest BCUT2D eigenvalue weighted by Crippen LogP contribution is -2.34. The van der Waals surface area contributed by atoms with E-state index in [-0.39, 0.29) is 6.04 Å². The highest BCUT2D eigenvalue weighted by atomic mass is 79.9. The van der Waals surface area contributed by atoms with Crippen molar-refractivity contribution in [3.05, 3.63) is 22.2 Å². The van der Waals surface area contributed by atoms with Crippen LogP contribution in [0.25, 0.3) is 0 Å². The number of benzene rings is 1. The maximum absolute atomic E-state index is 10.7. The average molecular weight is 356 g/mol. The SMILES string of the molecule is OC(c1cc(Br)c2c(c1)OCCCO2)C1CCCCCN1. The van der Waals surface area contributed by atoms with Gasteiger partial charge in [0, 0.05) is 12.5 Å². The fourth-order valence-corrected chi connectivity index (χ4v) is 3.55. The lowest BCUT2D eigenvalue weighted by atomic mass is 9.98. The van der Waals surface area contributed by atoms with Gasteiger partial charge in [-0.3, -0.25) is 0 Å². The summed E-state index contributed by atoms with van der Waals surface area (Å²) in [5.74, 6) is 1.47. The highest BCUT2D eigenvalue weighted by Gasteiger charge is 2.24. The van der Waals surface area contributed by atoms with Crippen LogP contribution < -0.4 is 14.8 Å². The molecule has 1 fully saturated rings. The molecule has 2 N–H and O–H groups in total. The maximum atomic E-state index is 10.7. The molecule has 0 amide bonds. The van der Waals surface area contributed by atoms with E-state index < -0.39 is 6.10 Å². The standard InChI is InChI=1S/C16H22BrNO3/c17-12-9-11(10-14-16(12)21-8-4-7-20-14)15(19)13-5-2-1-3-6-18-13/h9-10,13,15,18-19H,1-8H2. The Balaban J connectivity index is 1.84. The van der Waals surface area contributed by atoms with Crippen molar-refractivity contribution in [2.45, 2.75) is 44.2 Å². The van der Waals surface area contributed by atoms with Crippen LogP contribution in [0.4, 0.5) is 0 Å². The molecule has 5 heteroatoms. The van der Waals surface area contributed by atoms with Gasteiger partial charge in [-0.25, -0.2) is 0 Å². The van der Waals surface area contributed by atoms with Crippen molar-refractivity contribution in [3.8, 4) is 11.5 Å². The zero-order valence-electron chi connectivity index (χ0n) is 12.1. The summed E-state index contributed by atoms with van der Waals surface area (Å²) in [6.45, 7) is 2.30. The third-order valence-electron chi connectivity index (χ3n) is 4.15. The summed E-state index contributed by atoms with van der Waals surface area (Å²) in [4.78, 5) is 0. The number of halogens is 1. The number of aliphatic hydroxyl groups is 1. The Morgan fingerprint density at radius 1 is 1.14 bits per heavy atom. The van der Waals surface area contributed by atoms with Crippen molar-refractivity contribution in [3.63, 3.8) is 0 Å². The van der Waals surface area contributed by atoms with Gasteiger partial charge in [0.05, 0.1) is 23.8 Å². The van der Waals surface area contributed by atoms with Crippen LogP contribution in [0.3, 0.4) is 0 Å². The van der Waals surface area contributed by atoms with Gasteiger partial charge < -0.3 is 19.9 Å². The molecule has 2 unspecified atom stereocenters. The van der Waals surface area contributed by atoms with E-state index in [2.05, 4.69) is 21.2 Å². The van der Waals surface area contributed by atoms with E-state index in [4.69, 9.17) is 9.47 Å². The second-order valence-electron chi connectivity index (χ2n) is 5.74. The average Bonchev–Trinajstić information content (AvgIpc) is 2.89. The maximum Gasteiger partial charge on any atom is 0.175 e. The van der Waals surface area contributed by atoms with Crippen molar-refractivity contribution in [1.82, 2.24) is 5.32 Å². The van der Waals surface area contributed by atoms with Crippen molar-refractivity contribution >= 4 is 15.9 Å². The fourth-order valence-electron chi connectivity index (χ4n) is 2.98. The molecule has 2 aliphatic rings. The summed E-state index contributed by atoms with van der Waals surface area (Å²) in [6.07, 6.45) is 4.96. The monoisotopic (exact) mass is 355 g/mol. The molecule has 2 atom stereocenters. The third-order valence-corrected chi connectivity index (χ3v) is 4.73. The predicted octanol–water partition coefficient (Wildman–Crippen LogP) is 3.18. The fraction of sp³-hybridized carbons (Fsp3) is 0.625. The lowest BCUT2D eigenvalue weighted by Gasteiger charge is -2.24. The second-order valence-corrected chi connectivity index (χ2v) is 6.59. The molecule has 1 aromatic carbocycles. The Morgan fingerprint density at radius 3 is 2.90 bits per heavy atom. The Bertz CT molecular complexity index is 487. The van der Waals surface area contributed by atoms with Crippen LogP contribution in [0.15, 0.2) is 16.6 Å². The van der Waals surface area contributed by atoms with Crippen molar-refractivity contribution in [2.75, 3.05) is 19.8 Å². The number of ether oxygens (including phenoxy) is 2. The predicted molar refractivity (Wildman–Crippen MR) is 85.0 cm³/mol. The van der Waals surface area contributed by atoms with Crippen LogP contribution >= 0.6 is 15.9 Å². The van der Waals surface area contributed by atoms with Crippen LogP contribution in [-0.4, -0.2) is 30.9 Å². The van der Waals surface area contributed by atoms with Crippen molar-refractivity contribution in [1.29, 1.82) is 0 Å². The largest absolute Gasteiger partial charge is 0.490 e. The van der Waals surface area contributed by atoms with E-state index in [0.717, 1.165) is 40.9 Å². The molecule has 0 spiro atoms. The minimum atomic E-state index is -0.517. The molecule has 4 nitrogen and oxygen atoms in total. The van der Waals surface area contributed by atoms with Crippen molar-refractivity contribution < 1.29 is 14.6 Å². The normalized spacial score (nSPS) is 24.0. The van der Waals surface area contributed by atoms with E-state index in [1.807, 2.05) is 12.1 Å². The molecule has 0 saturated carbocycles. The molecule has 116 valence electrons. The molecule has 3 rings (SSSR count). The Kier molecular flexibility index (Phi) is 5.03. The van der Waals surface area contributed by atoms with E-state index in [9.17, 15) is 5.11 Å². The van der Waals surface area contributed by atoms with Gasteiger partial charge in [0.1, 0.15) is 0 Å². The molecule has 2 heterocycles. The first-order chi connectivity index (χ1) is 10.3. The van der Waals surface area contributed by atoms with Gasteiger partial charge in [0.15, 0.2) is 11.5 Å². The molecule has 21 heavy (non-hydrogen) atoms. The molecule has 1 saturated heterocycles. The molecule has 2 aliphatic heterocycles. The summed E-state index contributed by atoms with van der Waals surface area (Å²) in [7, 11) is 0. The zero-order chi connectivity index (χ0) is 14.7. The van der Waals surface area contributed by atoms with Crippen LogP contribution in [0.2, 0.25) is 0 Å². The highest BCUT2D eigenvalue weighted by molar-refractivity contribution is 9.10. The molecular weight excluding hydrogens is 334 g/mol. The summed E-state index contributed by atoms with van der Waals surface area (Å²) >= 11 is 3.54. The smallest absolute Gasteiger partial charge is 0.175 e. The third kappa shape index (κ3) is 3.52. The first-order valence-electron chi connectivity index (χ1n) is 7.76. The van der Waals surface area contributed by atoms with Gasteiger partial charge in [-0.15, -0.1) is 0 Å². The van der Waals surface area contributed by atoms with Gasteiger partial charge >= 0.3 is 0 Å². The number of hydrogen-bond donors (Lipinski definition) is 2. The Hall–Kier alpha value is -0.780. The van der Waals surface area contributed by atoms with E-state index in [0.29, 0.717) is 13.2 Å². The Morgan fingerprint density at radius 2 is 2.00 bits per heavy atom. The first-order valence-corrected chi connectivity index (χ1v) is 8.55. The number of rotatable bonds is 2. The van der Waals surface area contributed by atoms with E-state index in [1.54, 1.807) is 0 Å². The van der Waals surface area contributed by atoms with Crippen molar-refractivity contribution in [2.24, 2.45) is 0 Å². The van der Waals surface area contributed by atoms with Crippen LogP contribution in [0.5, 0.6) is 11.5 Å². The van der Waals surface area contributed by atoms with Gasteiger partial charge in [-0.1, -0.05) is 12.8 Å². The quantitative estimate of drug-likeness (QED) is 0.855. The van der Waals surface area contributed by atoms with E-state index >= 15 is 0 Å². The minimum absolute atomic E-state index is 0.115. The topological polar surface area (TPSA) is 50.7 Å². The van der Waals surface area contributed by atoms with Crippen LogP contribution in [-0.2, 0) is 0 Å². The number of aliphatic hydroxyl groups excluding tert-OH is 1.